The normalized spacial score (nSPS) is 17.7. The molecule has 0 radical (unpaired) electrons. The molecule has 0 saturated carbocycles. The maximum absolute atomic E-state index is 11.5. The summed E-state index contributed by atoms with van der Waals surface area (Å²) in [6.07, 6.45) is 0. The van der Waals surface area contributed by atoms with Crippen LogP contribution in [0.5, 0.6) is 0 Å². The van der Waals surface area contributed by atoms with Crippen molar-refractivity contribution in [3.63, 3.8) is 0 Å². The van der Waals surface area contributed by atoms with Crippen LogP contribution in [0.3, 0.4) is 0 Å². The van der Waals surface area contributed by atoms with Crippen LogP contribution in [0.15, 0.2) is 24.3 Å². The number of thiocarbonyl (C=S) groups is 1. The molecule has 1 N–H and O–H groups in total. The lowest BCUT2D eigenvalue weighted by Crippen LogP contribution is -2.45. The summed E-state index contributed by atoms with van der Waals surface area (Å²) in [6, 6.07) is 8.38. The first-order valence-corrected chi connectivity index (χ1v) is 7.52. The van der Waals surface area contributed by atoms with E-state index in [9.17, 15) is 4.79 Å². The Morgan fingerprint density at radius 3 is 2.86 bits per heavy atom. The number of rotatable bonds is 0. The van der Waals surface area contributed by atoms with Crippen molar-refractivity contribution in [2.45, 2.75) is 26.3 Å². The van der Waals surface area contributed by atoms with Gasteiger partial charge >= 0.3 is 0 Å². The third-order valence-corrected chi connectivity index (χ3v) is 4.73. The lowest BCUT2D eigenvalue weighted by atomic mass is 9.94. The summed E-state index contributed by atoms with van der Waals surface area (Å²) in [5.74, 6) is 0.346. The number of para-hydroxylation sites is 1. The van der Waals surface area contributed by atoms with Gasteiger partial charge in [-0.2, -0.15) is 0 Å². The molecule has 1 unspecified atom stereocenters. The lowest BCUT2D eigenvalue weighted by Gasteiger charge is -2.35. The Kier molecular flexibility index (Phi) is 3.45. The highest BCUT2D eigenvalue weighted by Crippen LogP contribution is 2.34. The van der Waals surface area contributed by atoms with Gasteiger partial charge in [0.25, 0.3) is 0 Å². The second-order valence-electron chi connectivity index (χ2n) is 5.70. The molecule has 0 fully saturated rings. The number of carbonyl (C=O) groups excluding carboxylic acids is 1. The maximum atomic E-state index is 11.5. The van der Waals surface area contributed by atoms with E-state index in [0.29, 0.717) is 11.0 Å². The van der Waals surface area contributed by atoms with Gasteiger partial charge in [0.2, 0.25) is 5.91 Å². The Balaban J connectivity index is 1.96. The van der Waals surface area contributed by atoms with Crippen LogP contribution in [0.25, 0.3) is 10.9 Å². The highest BCUT2D eigenvalue weighted by Gasteiger charge is 2.28. The van der Waals surface area contributed by atoms with Gasteiger partial charge in [-0.1, -0.05) is 25.1 Å². The minimum Gasteiger partial charge on any atom is -0.357 e. The summed E-state index contributed by atoms with van der Waals surface area (Å²) in [5.41, 5.74) is 3.76. The molecule has 0 saturated heterocycles. The van der Waals surface area contributed by atoms with E-state index in [0.717, 1.165) is 13.1 Å². The molecule has 0 bridgehead atoms. The summed E-state index contributed by atoms with van der Waals surface area (Å²) in [7, 11) is 1.73. The Bertz CT molecular complexity index is 721. The summed E-state index contributed by atoms with van der Waals surface area (Å²) in [4.78, 5) is 18.6. The molecule has 2 heterocycles. The number of benzene rings is 1. The molecule has 0 aliphatic carbocycles. The number of amides is 1. The minimum atomic E-state index is -0.0323. The zero-order valence-corrected chi connectivity index (χ0v) is 13.3. The van der Waals surface area contributed by atoms with Crippen molar-refractivity contribution in [1.82, 2.24) is 14.8 Å². The topological polar surface area (TPSA) is 39.3 Å². The first-order chi connectivity index (χ1) is 9.99. The molecule has 3 rings (SSSR count). The molecule has 1 aromatic carbocycles. The van der Waals surface area contributed by atoms with E-state index in [2.05, 4.69) is 35.0 Å². The van der Waals surface area contributed by atoms with E-state index in [1.54, 1.807) is 7.05 Å². The lowest BCUT2D eigenvalue weighted by molar-refractivity contribution is -0.124. The molecular formula is C16H19N3OS. The monoisotopic (exact) mass is 301 g/mol. The zero-order chi connectivity index (χ0) is 15.1. The first-order valence-electron chi connectivity index (χ1n) is 7.11. The van der Waals surface area contributed by atoms with Gasteiger partial charge in [-0.25, -0.2) is 0 Å². The van der Waals surface area contributed by atoms with Gasteiger partial charge in [-0.3, -0.25) is 9.69 Å². The fourth-order valence-corrected chi connectivity index (χ4v) is 3.34. The summed E-state index contributed by atoms with van der Waals surface area (Å²) >= 11 is 5.45. The molecule has 1 aliphatic heterocycles. The van der Waals surface area contributed by atoms with Crippen molar-refractivity contribution in [2.75, 3.05) is 13.6 Å². The van der Waals surface area contributed by atoms with Crippen LogP contribution in [0.1, 0.15) is 31.0 Å². The summed E-state index contributed by atoms with van der Waals surface area (Å²) < 4.78 is 0. The number of hydrogen-bond donors (Lipinski definition) is 1. The van der Waals surface area contributed by atoms with E-state index in [1.165, 1.54) is 34.0 Å². The molecule has 4 nitrogen and oxygen atoms in total. The van der Waals surface area contributed by atoms with Gasteiger partial charge in [0.1, 0.15) is 0 Å². The highest BCUT2D eigenvalue weighted by molar-refractivity contribution is 7.80. The second kappa shape index (κ2) is 5.15. The average Bonchev–Trinajstić information content (AvgIpc) is 2.84. The van der Waals surface area contributed by atoms with Gasteiger partial charge in [-0.05, 0) is 23.8 Å². The van der Waals surface area contributed by atoms with Crippen LogP contribution < -0.4 is 0 Å². The Morgan fingerprint density at radius 1 is 1.43 bits per heavy atom. The van der Waals surface area contributed by atoms with Gasteiger partial charge in [0, 0.05) is 43.0 Å². The molecule has 110 valence electrons. The number of hydrogen-bond acceptors (Lipinski definition) is 2. The van der Waals surface area contributed by atoms with Crippen molar-refractivity contribution in [1.29, 1.82) is 0 Å². The highest BCUT2D eigenvalue weighted by atomic mass is 32.1. The number of aromatic nitrogens is 1. The van der Waals surface area contributed by atoms with Crippen molar-refractivity contribution in [3.8, 4) is 0 Å². The number of carbonyl (C=O) groups is 1. The van der Waals surface area contributed by atoms with E-state index in [1.807, 2.05) is 6.07 Å². The summed E-state index contributed by atoms with van der Waals surface area (Å²) in [6.45, 7) is 5.31. The minimum absolute atomic E-state index is 0.0323. The molecule has 2 aromatic rings. The van der Waals surface area contributed by atoms with E-state index in [4.69, 9.17) is 12.2 Å². The Hall–Kier alpha value is -1.88. The SMILES string of the molecule is CC(=O)N(C)C(=S)N1Cc2[nH]c3ccccc3c2C(C)C1. The van der Waals surface area contributed by atoms with Crippen molar-refractivity contribution in [3.05, 3.63) is 35.5 Å². The largest absolute Gasteiger partial charge is 0.357 e. The van der Waals surface area contributed by atoms with Crippen molar-refractivity contribution < 1.29 is 4.79 Å². The van der Waals surface area contributed by atoms with E-state index in [-0.39, 0.29) is 5.91 Å². The fraction of sp³-hybridized carbons (Fsp3) is 0.375. The average molecular weight is 301 g/mol. The molecule has 1 aliphatic rings. The molecule has 1 atom stereocenters. The predicted octanol–water partition coefficient (Wildman–Crippen LogP) is 2.85. The standard InChI is InChI=1S/C16H19N3OS/c1-10-8-19(16(21)18(3)11(2)20)9-14-15(10)12-6-4-5-7-13(12)17-14/h4-7,10,17H,8-9H2,1-3H3. The Labute approximate surface area is 129 Å². The van der Waals surface area contributed by atoms with Crippen molar-refractivity contribution >= 4 is 34.1 Å². The smallest absolute Gasteiger partial charge is 0.225 e. The molecule has 1 aromatic heterocycles. The number of H-pyrrole nitrogens is 1. The van der Waals surface area contributed by atoms with Crippen molar-refractivity contribution in [2.24, 2.45) is 0 Å². The van der Waals surface area contributed by atoms with Crippen LogP contribution in [0, 0.1) is 0 Å². The van der Waals surface area contributed by atoms with E-state index >= 15 is 0 Å². The first kappa shape index (κ1) is 14.1. The third kappa shape index (κ3) is 2.31. The van der Waals surface area contributed by atoms with Crippen LogP contribution in [0.2, 0.25) is 0 Å². The Morgan fingerprint density at radius 2 is 2.14 bits per heavy atom. The predicted molar refractivity (Wildman–Crippen MR) is 88.2 cm³/mol. The molecule has 5 heteroatoms. The third-order valence-electron chi connectivity index (χ3n) is 4.19. The quantitative estimate of drug-likeness (QED) is 0.761. The van der Waals surface area contributed by atoms with Crippen LogP contribution in [0.4, 0.5) is 0 Å². The van der Waals surface area contributed by atoms with Gasteiger partial charge in [0.15, 0.2) is 5.11 Å². The van der Waals surface area contributed by atoms with Crippen LogP contribution >= 0.6 is 12.2 Å². The molecule has 0 spiro atoms. The molecule has 1 amide bonds. The number of nitrogens with one attached hydrogen (secondary N) is 1. The van der Waals surface area contributed by atoms with E-state index < -0.39 is 0 Å². The number of aromatic amines is 1. The van der Waals surface area contributed by atoms with Crippen LogP contribution in [-0.2, 0) is 11.3 Å². The van der Waals surface area contributed by atoms with Gasteiger partial charge < -0.3 is 9.88 Å². The van der Waals surface area contributed by atoms with Gasteiger partial charge in [0.05, 0.1) is 6.54 Å². The van der Waals surface area contributed by atoms with Crippen LogP contribution in [-0.4, -0.2) is 39.4 Å². The number of nitrogens with zero attached hydrogens (tertiary/aromatic N) is 2. The second-order valence-corrected chi connectivity index (χ2v) is 6.07. The maximum Gasteiger partial charge on any atom is 0.225 e. The summed E-state index contributed by atoms with van der Waals surface area (Å²) in [5, 5.41) is 1.89. The molecule has 21 heavy (non-hydrogen) atoms. The number of fused-ring (bicyclic) bond motifs is 3. The zero-order valence-electron chi connectivity index (χ0n) is 12.5. The molecular weight excluding hydrogens is 282 g/mol. The fourth-order valence-electron chi connectivity index (χ4n) is 3.08. The van der Waals surface area contributed by atoms with Gasteiger partial charge in [-0.15, -0.1) is 0 Å².